The summed E-state index contributed by atoms with van der Waals surface area (Å²) in [5, 5.41) is 3.60. The highest BCUT2D eigenvalue weighted by atomic mass is 19.1. The lowest BCUT2D eigenvalue weighted by Crippen LogP contribution is -2.34. The van der Waals surface area contributed by atoms with Gasteiger partial charge in [0.1, 0.15) is 11.6 Å². The van der Waals surface area contributed by atoms with Crippen molar-refractivity contribution in [2.24, 2.45) is 17.8 Å². The molecular weight excluding hydrogens is 268 g/mol. The second-order valence-electron chi connectivity index (χ2n) is 7.03. The quantitative estimate of drug-likeness (QED) is 0.853. The van der Waals surface area contributed by atoms with Crippen molar-refractivity contribution in [1.82, 2.24) is 5.32 Å². The average molecular weight is 293 g/mol. The lowest BCUT2D eigenvalue weighted by Gasteiger charge is -2.35. The zero-order chi connectivity index (χ0) is 14.8. The van der Waals surface area contributed by atoms with Crippen molar-refractivity contribution in [1.29, 1.82) is 0 Å². The Bertz CT molecular complexity index is 464. The third-order valence-corrected chi connectivity index (χ3v) is 5.18. The molecule has 0 amide bonds. The second kappa shape index (κ2) is 6.43. The summed E-state index contributed by atoms with van der Waals surface area (Å²) in [6.07, 6.45) is 6.63. The molecule has 2 aliphatic carbocycles. The van der Waals surface area contributed by atoms with Gasteiger partial charge in [-0.25, -0.2) is 8.78 Å². The summed E-state index contributed by atoms with van der Waals surface area (Å²) in [7, 11) is 0. The fourth-order valence-corrected chi connectivity index (χ4v) is 3.68. The fourth-order valence-electron chi connectivity index (χ4n) is 3.68. The van der Waals surface area contributed by atoms with Crippen molar-refractivity contribution in [2.75, 3.05) is 6.54 Å². The molecule has 2 aliphatic rings. The second-order valence-corrected chi connectivity index (χ2v) is 7.03. The van der Waals surface area contributed by atoms with Crippen LogP contribution in [0, 0.1) is 29.4 Å². The molecule has 1 aromatic carbocycles. The Kier molecular flexibility index (Phi) is 4.58. The first-order valence-electron chi connectivity index (χ1n) is 8.29. The Morgan fingerprint density at radius 1 is 1.05 bits per heavy atom. The maximum atomic E-state index is 13.9. The molecule has 1 N–H and O–H groups in total. The van der Waals surface area contributed by atoms with E-state index in [2.05, 4.69) is 12.2 Å². The monoisotopic (exact) mass is 293 g/mol. The van der Waals surface area contributed by atoms with Crippen molar-refractivity contribution in [3.8, 4) is 0 Å². The fraction of sp³-hybridized carbons (Fsp3) is 0.667. The van der Waals surface area contributed by atoms with E-state index in [0.717, 1.165) is 13.0 Å². The highest BCUT2D eigenvalue weighted by Gasteiger charge is 2.31. The zero-order valence-electron chi connectivity index (χ0n) is 12.7. The summed E-state index contributed by atoms with van der Waals surface area (Å²) in [4.78, 5) is 0. The molecule has 3 heteroatoms. The minimum absolute atomic E-state index is 0.285. The third kappa shape index (κ3) is 3.82. The largest absolute Gasteiger partial charge is 0.314 e. The van der Waals surface area contributed by atoms with Crippen LogP contribution in [0.2, 0.25) is 0 Å². The number of benzene rings is 1. The van der Waals surface area contributed by atoms with Gasteiger partial charge in [-0.15, -0.1) is 0 Å². The Morgan fingerprint density at radius 2 is 1.76 bits per heavy atom. The molecule has 0 bridgehead atoms. The smallest absolute Gasteiger partial charge is 0.129 e. The van der Waals surface area contributed by atoms with Crippen LogP contribution in [0.4, 0.5) is 8.78 Å². The van der Waals surface area contributed by atoms with Crippen LogP contribution in [-0.4, -0.2) is 12.6 Å². The number of hydrogen-bond donors (Lipinski definition) is 1. The number of nitrogens with one attached hydrogen (secondary N) is 1. The lowest BCUT2D eigenvalue weighted by molar-refractivity contribution is 0.181. The number of halogens is 2. The standard InChI is InChI=1S/C18H25F2N/c1-12-5-6-13(11-21-15-7-8-15)14(9-12)10-16-17(19)3-2-4-18(16)20/h2-4,12-15,21H,5-11H2,1H3. The molecule has 21 heavy (non-hydrogen) atoms. The van der Waals surface area contributed by atoms with E-state index in [-0.39, 0.29) is 17.2 Å². The van der Waals surface area contributed by atoms with Gasteiger partial charge >= 0.3 is 0 Å². The number of hydrogen-bond acceptors (Lipinski definition) is 1. The Hall–Kier alpha value is -0.960. The maximum Gasteiger partial charge on any atom is 0.129 e. The highest BCUT2D eigenvalue weighted by Crippen LogP contribution is 2.37. The van der Waals surface area contributed by atoms with E-state index in [4.69, 9.17) is 0 Å². The normalized spacial score (nSPS) is 29.6. The van der Waals surface area contributed by atoms with Crippen LogP contribution >= 0.6 is 0 Å². The summed E-state index contributed by atoms with van der Waals surface area (Å²) in [6, 6.07) is 4.91. The van der Waals surface area contributed by atoms with Crippen LogP contribution in [0.3, 0.4) is 0 Å². The van der Waals surface area contributed by atoms with Crippen molar-refractivity contribution >= 4 is 0 Å². The van der Waals surface area contributed by atoms with Crippen molar-refractivity contribution in [2.45, 2.75) is 51.5 Å². The Morgan fingerprint density at radius 3 is 2.43 bits per heavy atom. The van der Waals surface area contributed by atoms with Gasteiger partial charge in [-0.3, -0.25) is 0 Å². The first-order valence-corrected chi connectivity index (χ1v) is 8.29. The molecule has 3 unspecified atom stereocenters. The van der Waals surface area contributed by atoms with Crippen molar-refractivity contribution in [3.63, 3.8) is 0 Å². The Balaban J connectivity index is 1.69. The predicted molar refractivity (Wildman–Crippen MR) is 81.1 cm³/mol. The first kappa shape index (κ1) is 15.0. The van der Waals surface area contributed by atoms with Gasteiger partial charge in [-0.2, -0.15) is 0 Å². The molecule has 0 aliphatic heterocycles. The van der Waals surface area contributed by atoms with Crippen LogP contribution in [0.1, 0.15) is 44.6 Å². The van der Waals surface area contributed by atoms with E-state index in [1.54, 1.807) is 0 Å². The summed E-state index contributed by atoms with van der Waals surface area (Å²) >= 11 is 0. The van der Waals surface area contributed by atoms with E-state index in [9.17, 15) is 8.78 Å². The average Bonchev–Trinajstić information content (AvgIpc) is 3.26. The molecular formula is C18H25F2N. The lowest BCUT2D eigenvalue weighted by atomic mass is 9.72. The van der Waals surface area contributed by atoms with Crippen molar-refractivity contribution < 1.29 is 8.78 Å². The molecule has 0 aromatic heterocycles. The van der Waals surface area contributed by atoms with Gasteiger partial charge in [-0.1, -0.05) is 19.4 Å². The third-order valence-electron chi connectivity index (χ3n) is 5.18. The van der Waals surface area contributed by atoms with Gasteiger partial charge in [0.15, 0.2) is 0 Å². The van der Waals surface area contributed by atoms with Crippen LogP contribution in [0.15, 0.2) is 18.2 Å². The van der Waals surface area contributed by atoms with Crippen LogP contribution in [0.25, 0.3) is 0 Å². The van der Waals surface area contributed by atoms with Gasteiger partial charge in [0.05, 0.1) is 0 Å². The van der Waals surface area contributed by atoms with E-state index in [1.807, 2.05) is 0 Å². The molecule has 3 rings (SSSR count). The van der Waals surface area contributed by atoms with E-state index in [1.165, 1.54) is 43.9 Å². The Labute approximate surface area is 126 Å². The van der Waals surface area contributed by atoms with Gasteiger partial charge in [0.2, 0.25) is 0 Å². The number of rotatable bonds is 5. The zero-order valence-corrected chi connectivity index (χ0v) is 12.7. The first-order chi connectivity index (χ1) is 10.1. The minimum atomic E-state index is -0.387. The highest BCUT2D eigenvalue weighted by molar-refractivity contribution is 5.20. The summed E-state index contributed by atoms with van der Waals surface area (Å²) < 4.78 is 27.8. The van der Waals surface area contributed by atoms with E-state index >= 15 is 0 Å². The predicted octanol–water partition coefficient (Wildman–Crippen LogP) is 4.31. The van der Waals surface area contributed by atoms with Crippen LogP contribution in [-0.2, 0) is 6.42 Å². The van der Waals surface area contributed by atoms with Crippen LogP contribution < -0.4 is 5.32 Å². The van der Waals surface area contributed by atoms with Gasteiger partial charge in [0.25, 0.3) is 0 Å². The maximum absolute atomic E-state index is 13.9. The SMILES string of the molecule is CC1CCC(CNC2CC2)C(Cc2c(F)cccc2F)C1. The molecule has 0 radical (unpaired) electrons. The minimum Gasteiger partial charge on any atom is -0.314 e. The van der Waals surface area contributed by atoms with Gasteiger partial charge < -0.3 is 5.32 Å². The van der Waals surface area contributed by atoms with Gasteiger partial charge in [-0.05, 0) is 68.5 Å². The van der Waals surface area contributed by atoms with E-state index < -0.39 is 0 Å². The molecule has 1 aromatic rings. The molecule has 116 valence electrons. The molecule has 1 nitrogen and oxygen atoms in total. The summed E-state index contributed by atoms with van der Waals surface area (Å²) in [6.45, 7) is 3.27. The summed E-state index contributed by atoms with van der Waals surface area (Å²) in [5.74, 6) is 0.846. The molecule has 0 heterocycles. The van der Waals surface area contributed by atoms with Gasteiger partial charge in [0, 0.05) is 11.6 Å². The summed E-state index contributed by atoms with van der Waals surface area (Å²) in [5.41, 5.74) is 0.285. The van der Waals surface area contributed by atoms with E-state index in [0.29, 0.717) is 30.2 Å². The molecule has 3 atom stereocenters. The topological polar surface area (TPSA) is 12.0 Å². The molecule has 2 saturated carbocycles. The molecule has 0 saturated heterocycles. The molecule has 2 fully saturated rings. The van der Waals surface area contributed by atoms with Crippen LogP contribution in [0.5, 0.6) is 0 Å². The molecule has 0 spiro atoms. The van der Waals surface area contributed by atoms with Crippen molar-refractivity contribution in [3.05, 3.63) is 35.4 Å².